The summed E-state index contributed by atoms with van der Waals surface area (Å²) in [4.78, 5) is 2.39. The van der Waals surface area contributed by atoms with Gasteiger partial charge in [-0.3, -0.25) is 0 Å². The predicted octanol–water partition coefficient (Wildman–Crippen LogP) is 16.4. The van der Waals surface area contributed by atoms with Gasteiger partial charge in [0.05, 0.1) is 16.4 Å². The molecule has 0 radical (unpaired) electrons. The number of para-hydroxylation sites is 1. The average Bonchev–Trinajstić information content (AvgIpc) is 3.99. The van der Waals surface area contributed by atoms with Gasteiger partial charge >= 0.3 is 0 Å². The van der Waals surface area contributed by atoms with Gasteiger partial charge < -0.3 is 13.9 Å². The molecular weight excluding hydrogens is 765 g/mol. The SMILES string of the molecule is CC1(C)c2ccccc2-c2ccc(N(c3ccc(-c4ccccc4)cc3)c3ccc4c(c3)oc3ccc5c6cc7c(cc6n(-c6ccccc6)c5c34)C(C)(C)c3ccccc3-7)cc21. The normalized spacial score (nSPS) is 14.3. The zero-order valence-corrected chi connectivity index (χ0v) is 35.8. The highest BCUT2D eigenvalue weighted by Crippen LogP contribution is 2.53. The van der Waals surface area contributed by atoms with E-state index in [4.69, 9.17) is 4.42 Å². The van der Waals surface area contributed by atoms with Gasteiger partial charge in [-0.25, -0.2) is 0 Å². The van der Waals surface area contributed by atoms with E-state index in [0.717, 1.165) is 44.7 Å². The Balaban J connectivity index is 1.03. The largest absolute Gasteiger partial charge is 0.456 e. The number of furan rings is 1. The van der Waals surface area contributed by atoms with Crippen molar-refractivity contribution in [3.8, 4) is 39.1 Å². The Hall–Kier alpha value is -7.62. The minimum absolute atomic E-state index is 0.113. The second kappa shape index (κ2) is 13.0. The highest BCUT2D eigenvalue weighted by molar-refractivity contribution is 6.25. The number of benzene rings is 9. The van der Waals surface area contributed by atoms with Crippen LogP contribution in [0.5, 0.6) is 0 Å². The van der Waals surface area contributed by atoms with Crippen molar-refractivity contribution in [2.75, 3.05) is 4.90 Å². The summed E-state index contributed by atoms with van der Waals surface area (Å²) in [6, 6.07) is 71.3. The molecule has 2 heterocycles. The van der Waals surface area contributed by atoms with E-state index < -0.39 is 0 Å². The monoisotopic (exact) mass is 808 g/mol. The Kier molecular flexibility index (Phi) is 7.42. The first-order valence-electron chi connectivity index (χ1n) is 22.1. The third-order valence-electron chi connectivity index (χ3n) is 14.4. The summed E-state index contributed by atoms with van der Waals surface area (Å²) in [5.74, 6) is 0. The van der Waals surface area contributed by atoms with E-state index in [1.54, 1.807) is 0 Å². The van der Waals surface area contributed by atoms with Crippen LogP contribution in [0, 0.1) is 0 Å². The first kappa shape index (κ1) is 36.1. The number of aromatic nitrogens is 1. The quantitative estimate of drug-likeness (QED) is 0.173. The van der Waals surface area contributed by atoms with Crippen LogP contribution in [-0.4, -0.2) is 4.57 Å². The molecule has 300 valence electrons. The molecule has 0 atom stereocenters. The van der Waals surface area contributed by atoms with E-state index in [1.807, 2.05) is 0 Å². The number of nitrogens with zero attached hydrogens (tertiary/aromatic N) is 2. The van der Waals surface area contributed by atoms with Crippen molar-refractivity contribution in [3.05, 3.63) is 216 Å². The molecule has 2 aliphatic carbocycles. The Morgan fingerprint density at radius 1 is 0.397 bits per heavy atom. The van der Waals surface area contributed by atoms with Crippen LogP contribution in [0.2, 0.25) is 0 Å². The molecule has 0 saturated heterocycles. The smallest absolute Gasteiger partial charge is 0.137 e. The van der Waals surface area contributed by atoms with Gasteiger partial charge in [0.2, 0.25) is 0 Å². The Labute approximate surface area is 367 Å². The maximum atomic E-state index is 6.96. The molecule has 0 fully saturated rings. The Morgan fingerprint density at radius 2 is 0.952 bits per heavy atom. The highest BCUT2D eigenvalue weighted by Gasteiger charge is 2.37. The minimum atomic E-state index is -0.130. The topological polar surface area (TPSA) is 21.3 Å². The number of hydrogen-bond acceptors (Lipinski definition) is 2. The van der Waals surface area contributed by atoms with Crippen LogP contribution in [0.4, 0.5) is 17.1 Å². The Bertz CT molecular complexity index is 3660. The highest BCUT2D eigenvalue weighted by atomic mass is 16.3. The van der Waals surface area contributed by atoms with Crippen LogP contribution in [0.3, 0.4) is 0 Å². The molecule has 11 aromatic rings. The van der Waals surface area contributed by atoms with Crippen LogP contribution < -0.4 is 4.90 Å². The van der Waals surface area contributed by atoms with Gasteiger partial charge in [-0.15, -0.1) is 0 Å². The lowest BCUT2D eigenvalue weighted by atomic mass is 9.82. The molecule has 2 aliphatic rings. The van der Waals surface area contributed by atoms with Crippen molar-refractivity contribution in [3.63, 3.8) is 0 Å². The van der Waals surface area contributed by atoms with Crippen LogP contribution >= 0.6 is 0 Å². The fourth-order valence-electron chi connectivity index (χ4n) is 11.2. The summed E-state index contributed by atoms with van der Waals surface area (Å²) >= 11 is 0. The molecule has 0 aliphatic heterocycles. The van der Waals surface area contributed by atoms with E-state index in [0.29, 0.717) is 0 Å². The lowest BCUT2D eigenvalue weighted by Crippen LogP contribution is -2.16. The fraction of sp³-hybridized carbons (Fsp3) is 0.100. The standard InChI is InChI=1S/C60H44N2O/c1-59(2)50-21-13-11-19-43(50)45-29-27-41(33-52(45)59)61(40-25-23-38(24-26-40)37-15-7-5-8-16-37)42-28-30-47-56(34-42)63-55-32-31-46-49-35-48-44-20-12-14-22-51(44)60(3,4)53(48)36-54(49)62(58(46)57(47)55)39-17-9-6-10-18-39/h5-36H,1-4H3. The van der Waals surface area contributed by atoms with E-state index in [1.165, 1.54) is 77.4 Å². The average molecular weight is 809 g/mol. The summed E-state index contributed by atoms with van der Waals surface area (Å²) in [5, 5.41) is 4.70. The molecule has 3 nitrogen and oxygen atoms in total. The molecule has 13 rings (SSSR count). The van der Waals surface area contributed by atoms with Crippen LogP contribution in [-0.2, 0) is 10.8 Å². The lowest BCUT2D eigenvalue weighted by Gasteiger charge is -2.28. The first-order valence-corrected chi connectivity index (χ1v) is 22.1. The predicted molar refractivity (Wildman–Crippen MR) is 263 cm³/mol. The second-order valence-electron chi connectivity index (χ2n) is 18.5. The second-order valence-corrected chi connectivity index (χ2v) is 18.5. The molecule has 2 aromatic heterocycles. The van der Waals surface area contributed by atoms with Gasteiger partial charge in [-0.1, -0.05) is 143 Å². The van der Waals surface area contributed by atoms with E-state index in [2.05, 4.69) is 231 Å². The molecule has 0 amide bonds. The lowest BCUT2D eigenvalue weighted by molar-refractivity contribution is 0.660. The molecule has 63 heavy (non-hydrogen) atoms. The molecule has 0 spiro atoms. The molecule has 3 heteroatoms. The summed E-state index contributed by atoms with van der Waals surface area (Å²) in [7, 11) is 0. The van der Waals surface area contributed by atoms with Crippen molar-refractivity contribution in [2.24, 2.45) is 0 Å². The van der Waals surface area contributed by atoms with Gasteiger partial charge in [0.25, 0.3) is 0 Å². The molecule has 0 saturated carbocycles. The summed E-state index contributed by atoms with van der Waals surface area (Å²) < 4.78 is 9.43. The van der Waals surface area contributed by atoms with E-state index >= 15 is 0 Å². The number of hydrogen-bond donors (Lipinski definition) is 0. The zero-order valence-electron chi connectivity index (χ0n) is 35.8. The molecule has 0 unspecified atom stereocenters. The fourth-order valence-corrected chi connectivity index (χ4v) is 11.2. The summed E-state index contributed by atoms with van der Waals surface area (Å²) in [6.45, 7) is 9.43. The van der Waals surface area contributed by atoms with Gasteiger partial charge in [-0.2, -0.15) is 0 Å². The molecule has 9 aromatic carbocycles. The molecule has 0 bridgehead atoms. The van der Waals surface area contributed by atoms with Crippen LogP contribution in [0.25, 0.3) is 82.8 Å². The van der Waals surface area contributed by atoms with Crippen LogP contribution in [0.15, 0.2) is 199 Å². The third kappa shape index (κ3) is 5.08. The van der Waals surface area contributed by atoms with Crippen molar-refractivity contribution >= 4 is 60.8 Å². The van der Waals surface area contributed by atoms with Crippen LogP contribution in [0.1, 0.15) is 49.9 Å². The first-order chi connectivity index (χ1) is 30.8. The van der Waals surface area contributed by atoms with Gasteiger partial charge in [0.15, 0.2) is 0 Å². The minimum Gasteiger partial charge on any atom is -0.456 e. The van der Waals surface area contributed by atoms with Crippen molar-refractivity contribution in [1.29, 1.82) is 0 Å². The molecular formula is C60H44N2O. The maximum Gasteiger partial charge on any atom is 0.137 e. The van der Waals surface area contributed by atoms with Crippen molar-refractivity contribution in [2.45, 2.75) is 38.5 Å². The zero-order chi connectivity index (χ0) is 42.2. The number of fused-ring (bicyclic) bond motifs is 13. The number of rotatable bonds is 5. The van der Waals surface area contributed by atoms with Gasteiger partial charge in [0.1, 0.15) is 11.2 Å². The van der Waals surface area contributed by atoms with Crippen molar-refractivity contribution in [1.82, 2.24) is 4.57 Å². The van der Waals surface area contributed by atoms with E-state index in [9.17, 15) is 0 Å². The molecule has 0 N–H and O–H groups in total. The Morgan fingerprint density at radius 3 is 1.68 bits per heavy atom. The van der Waals surface area contributed by atoms with Gasteiger partial charge in [-0.05, 0) is 128 Å². The summed E-state index contributed by atoms with van der Waals surface area (Å²) in [6.07, 6.45) is 0. The van der Waals surface area contributed by atoms with E-state index in [-0.39, 0.29) is 10.8 Å². The van der Waals surface area contributed by atoms with Crippen molar-refractivity contribution < 1.29 is 4.42 Å². The maximum absolute atomic E-state index is 6.96. The third-order valence-corrected chi connectivity index (χ3v) is 14.4. The number of anilines is 3. The van der Waals surface area contributed by atoms with Gasteiger partial charge in [0, 0.05) is 55.8 Å². The summed E-state index contributed by atoms with van der Waals surface area (Å²) in [5.41, 5.74) is 21.4.